The molecule has 1 atom stereocenters. The van der Waals surface area contributed by atoms with E-state index in [0.717, 1.165) is 0 Å². The predicted octanol–water partition coefficient (Wildman–Crippen LogP) is 0.723. The molecule has 1 aromatic carbocycles. The van der Waals surface area contributed by atoms with E-state index in [1.807, 2.05) is 0 Å². The van der Waals surface area contributed by atoms with Crippen LogP contribution < -0.4 is 5.73 Å². The first-order chi connectivity index (χ1) is 9.65. The molecular formula is C12H16FN5O2. The van der Waals surface area contributed by atoms with Gasteiger partial charge in [0.05, 0.1) is 18.8 Å². The Morgan fingerprint density at radius 1 is 1.40 bits per heavy atom. The molecule has 0 aliphatic rings. The Bertz CT molecular complexity index is 575. The summed E-state index contributed by atoms with van der Waals surface area (Å²) in [5.74, 6) is -0.0562. The van der Waals surface area contributed by atoms with E-state index in [4.69, 9.17) is 15.2 Å². The largest absolute Gasteiger partial charge is 0.396 e. The van der Waals surface area contributed by atoms with Crippen molar-refractivity contribution in [1.82, 2.24) is 20.2 Å². The number of nitrogens with two attached hydrogens (primary N) is 1. The number of hydrogen-bond acceptors (Lipinski definition) is 6. The fraction of sp³-hybridized carbons (Fsp3) is 0.417. The first-order valence-corrected chi connectivity index (χ1v) is 5.99. The van der Waals surface area contributed by atoms with E-state index in [2.05, 4.69) is 15.5 Å². The highest BCUT2D eigenvalue weighted by Gasteiger charge is 2.15. The van der Waals surface area contributed by atoms with Crippen LogP contribution in [0.1, 0.15) is 0 Å². The number of anilines is 1. The standard InChI is InChI=1S/C12H16FN5O2/c1-19-7-9(20-2)6-18-12(15-16-17-18)8-3-4-11(14)10(13)5-8/h3-5,9H,6-7,14H2,1-2H3. The summed E-state index contributed by atoms with van der Waals surface area (Å²) in [5, 5.41) is 11.4. The van der Waals surface area contributed by atoms with Crippen LogP contribution in [0.2, 0.25) is 0 Å². The maximum Gasteiger partial charge on any atom is 0.182 e. The van der Waals surface area contributed by atoms with Gasteiger partial charge in [-0.2, -0.15) is 0 Å². The molecule has 0 amide bonds. The molecule has 0 saturated carbocycles. The molecule has 2 rings (SSSR count). The van der Waals surface area contributed by atoms with Crippen molar-refractivity contribution in [2.24, 2.45) is 0 Å². The van der Waals surface area contributed by atoms with Gasteiger partial charge in [0.1, 0.15) is 11.9 Å². The second kappa shape index (κ2) is 6.40. The molecule has 0 radical (unpaired) electrons. The molecule has 2 N–H and O–H groups in total. The first kappa shape index (κ1) is 14.4. The number of halogens is 1. The number of methoxy groups -OCH3 is 2. The minimum atomic E-state index is -0.503. The zero-order valence-electron chi connectivity index (χ0n) is 11.3. The fourth-order valence-electron chi connectivity index (χ4n) is 1.77. The lowest BCUT2D eigenvalue weighted by molar-refractivity contribution is 0.0163. The van der Waals surface area contributed by atoms with Gasteiger partial charge in [-0.15, -0.1) is 5.10 Å². The number of nitrogens with zero attached hydrogens (tertiary/aromatic N) is 4. The van der Waals surface area contributed by atoms with E-state index < -0.39 is 5.82 Å². The van der Waals surface area contributed by atoms with Crippen LogP contribution in [-0.2, 0) is 16.0 Å². The third-order valence-corrected chi connectivity index (χ3v) is 2.85. The van der Waals surface area contributed by atoms with E-state index in [0.29, 0.717) is 24.5 Å². The molecule has 0 saturated heterocycles. The van der Waals surface area contributed by atoms with Crippen molar-refractivity contribution in [3.05, 3.63) is 24.0 Å². The predicted molar refractivity (Wildman–Crippen MR) is 70.3 cm³/mol. The molecule has 0 spiro atoms. The molecule has 0 bridgehead atoms. The highest BCUT2D eigenvalue weighted by atomic mass is 19.1. The number of benzene rings is 1. The third-order valence-electron chi connectivity index (χ3n) is 2.85. The SMILES string of the molecule is COCC(Cn1nnnc1-c1ccc(N)c(F)c1)OC. The summed E-state index contributed by atoms with van der Waals surface area (Å²) in [6.07, 6.45) is -0.194. The van der Waals surface area contributed by atoms with Gasteiger partial charge in [0.2, 0.25) is 0 Å². The molecule has 20 heavy (non-hydrogen) atoms. The van der Waals surface area contributed by atoms with Crippen LogP contribution in [0.15, 0.2) is 18.2 Å². The molecule has 1 aromatic heterocycles. The summed E-state index contributed by atoms with van der Waals surface area (Å²) >= 11 is 0. The summed E-state index contributed by atoms with van der Waals surface area (Å²) in [6.45, 7) is 0.810. The van der Waals surface area contributed by atoms with Crippen molar-refractivity contribution < 1.29 is 13.9 Å². The minimum Gasteiger partial charge on any atom is -0.396 e. The quantitative estimate of drug-likeness (QED) is 0.785. The molecule has 2 aromatic rings. The number of nitrogen functional groups attached to an aromatic ring is 1. The Kier molecular flexibility index (Phi) is 4.59. The number of aromatic nitrogens is 4. The topological polar surface area (TPSA) is 88.1 Å². The van der Waals surface area contributed by atoms with Gasteiger partial charge in [-0.1, -0.05) is 0 Å². The number of rotatable bonds is 6. The smallest absolute Gasteiger partial charge is 0.182 e. The van der Waals surface area contributed by atoms with Gasteiger partial charge in [0, 0.05) is 19.8 Å². The molecule has 0 aliphatic carbocycles. The fourth-order valence-corrected chi connectivity index (χ4v) is 1.77. The molecule has 0 fully saturated rings. The van der Waals surface area contributed by atoms with Gasteiger partial charge in [0.15, 0.2) is 5.82 Å². The average molecular weight is 281 g/mol. The number of tetrazole rings is 1. The molecular weight excluding hydrogens is 265 g/mol. The lowest BCUT2D eigenvalue weighted by atomic mass is 10.2. The van der Waals surface area contributed by atoms with Crippen LogP contribution in [0.5, 0.6) is 0 Å². The van der Waals surface area contributed by atoms with E-state index in [-0.39, 0.29) is 11.8 Å². The van der Waals surface area contributed by atoms with Crippen LogP contribution in [-0.4, -0.2) is 47.1 Å². The van der Waals surface area contributed by atoms with Gasteiger partial charge in [-0.3, -0.25) is 0 Å². The summed E-state index contributed by atoms with van der Waals surface area (Å²) in [6, 6.07) is 4.45. The lowest BCUT2D eigenvalue weighted by Crippen LogP contribution is -2.25. The van der Waals surface area contributed by atoms with Crippen LogP contribution in [0, 0.1) is 5.82 Å². The number of ether oxygens (including phenoxy) is 2. The van der Waals surface area contributed by atoms with Gasteiger partial charge >= 0.3 is 0 Å². The maximum atomic E-state index is 13.5. The van der Waals surface area contributed by atoms with Crippen molar-refractivity contribution in [2.75, 3.05) is 26.6 Å². The van der Waals surface area contributed by atoms with Crippen molar-refractivity contribution in [3.63, 3.8) is 0 Å². The normalized spacial score (nSPS) is 12.6. The third kappa shape index (κ3) is 3.09. The van der Waals surface area contributed by atoms with Crippen molar-refractivity contribution in [2.45, 2.75) is 12.6 Å². The van der Waals surface area contributed by atoms with Gasteiger partial charge in [-0.05, 0) is 28.6 Å². The van der Waals surface area contributed by atoms with Gasteiger partial charge < -0.3 is 15.2 Å². The molecule has 108 valence electrons. The average Bonchev–Trinajstić information content (AvgIpc) is 2.89. The monoisotopic (exact) mass is 281 g/mol. The van der Waals surface area contributed by atoms with Crippen LogP contribution in [0.25, 0.3) is 11.4 Å². The maximum absolute atomic E-state index is 13.5. The van der Waals surface area contributed by atoms with Gasteiger partial charge in [0.25, 0.3) is 0 Å². The summed E-state index contributed by atoms with van der Waals surface area (Å²) < 4.78 is 25.3. The van der Waals surface area contributed by atoms with E-state index in [1.54, 1.807) is 20.3 Å². The molecule has 0 aliphatic heterocycles. The highest BCUT2D eigenvalue weighted by Crippen LogP contribution is 2.20. The molecule has 8 heteroatoms. The zero-order valence-corrected chi connectivity index (χ0v) is 11.3. The second-order valence-corrected chi connectivity index (χ2v) is 4.23. The van der Waals surface area contributed by atoms with Gasteiger partial charge in [-0.25, -0.2) is 9.07 Å². The highest BCUT2D eigenvalue weighted by molar-refractivity contribution is 5.59. The van der Waals surface area contributed by atoms with Crippen molar-refractivity contribution in [3.8, 4) is 11.4 Å². The summed E-state index contributed by atoms with van der Waals surface area (Å²) in [4.78, 5) is 0. The lowest BCUT2D eigenvalue weighted by Gasteiger charge is -2.14. The Morgan fingerprint density at radius 3 is 2.85 bits per heavy atom. The number of hydrogen-bond donors (Lipinski definition) is 1. The minimum absolute atomic E-state index is 0.0851. The molecule has 7 nitrogen and oxygen atoms in total. The van der Waals surface area contributed by atoms with E-state index >= 15 is 0 Å². The summed E-state index contributed by atoms with van der Waals surface area (Å²) in [7, 11) is 3.17. The Balaban J connectivity index is 2.25. The molecule has 1 unspecified atom stereocenters. The molecule has 1 heterocycles. The van der Waals surface area contributed by atoms with Crippen LogP contribution >= 0.6 is 0 Å². The van der Waals surface area contributed by atoms with E-state index in [9.17, 15) is 4.39 Å². The summed E-state index contributed by atoms with van der Waals surface area (Å²) in [5.41, 5.74) is 6.09. The van der Waals surface area contributed by atoms with E-state index in [1.165, 1.54) is 16.8 Å². The van der Waals surface area contributed by atoms with Crippen LogP contribution in [0.4, 0.5) is 10.1 Å². The zero-order chi connectivity index (χ0) is 14.5. The van der Waals surface area contributed by atoms with Crippen molar-refractivity contribution >= 4 is 5.69 Å². The first-order valence-electron chi connectivity index (χ1n) is 5.99. The van der Waals surface area contributed by atoms with Crippen molar-refractivity contribution in [1.29, 1.82) is 0 Å². The Hall–Kier alpha value is -2.06. The second-order valence-electron chi connectivity index (χ2n) is 4.23. The Morgan fingerprint density at radius 2 is 2.20 bits per heavy atom. The van der Waals surface area contributed by atoms with Crippen LogP contribution in [0.3, 0.4) is 0 Å². The Labute approximate surface area is 115 Å².